The molecule has 0 spiro atoms. The highest BCUT2D eigenvalue weighted by Gasteiger charge is 2.26. The first-order valence-electron chi connectivity index (χ1n) is 10.9. The summed E-state index contributed by atoms with van der Waals surface area (Å²) in [4.78, 5) is 25.4. The Morgan fingerprint density at radius 1 is 1.38 bits per heavy atom. The van der Waals surface area contributed by atoms with Gasteiger partial charge in [0.05, 0.1) is 17.3 Å². The summed E-state index contributed by atoms with van der Waals surface area (Å²) in [7, 11) is 1.86. The Balaban J connectivity index is 1.46. The molecule has 4 aromatic rings. The van der Waals surface area contributed by atoms with E-state index in [1.54, 1.807) is 17.1 Å². The van der Waals surface area contributed by atoms with Crippen LogP contribution in [0.25, 0.3) is 33.5 Å². The second-order valence-corrected chi connectivity index (χ2v) is 9.17. The van der Waals surface area contributed by atoms with Gasteiger partial charge in [0.2, 0.25) is 0 Å². The molecule has 8 nitrogen and oxygen atoms in total. The van der Waals surface area contributed by atoms with Crippen molar-refractivity contribution in [2.24, 2.45) is 18.7 Å². The molecule has 3 atom stereocenters. The lowest BCUT2D eigenvalue weighted by atomic mass is 9.82. The Morgan fingerprint density at radius 3 is 3.03 bits per heavy atom. The lowest BCUT2D eigenvalue weighted by Crippen LogP contribution is -2.42. The number of amides is 1. The van der Waals surface area contributed by atoms with Gasteiger partial charge in [-0.15, -0.1) is 0 Å². The van der Waals surface area contributed by atoms with Crippen LogP contribution < -0.4 is 11.1 Å². The van der Waals surface area contributed by atoms with Crippen LogP contribution in [0.1, 0.15) is 43.0 Å². The number of nitrogens with one attached hydrogen (secondary N) is 2. The molecule has 4 N–H and O–H groups in total. The number of rotatable bonds is 4. The van der Waals surface area contributed by atoms with E-state index in [0.29, 0.717) is 39.1 Å². The van der Waals surface area contributed by atoms with E-state index >= 15 is 0 Å². The van der Waals surface area contributed by atoms with Gasteiger partial charge in [0.25, 0.3) is 5.91 Å². The highest BCUT2D eigenvalue weighted by atomic mass is 35.5. The molecule has 0 saturated heterocycles. The fourth-order valence-corrected chi connectivity index (χ4v) is 4.89. The largest absolute Gasteiger partial charge is 0.349 e. The molecule has 1 saturated carbocycles. The van der Waals surface area contributed by atoms with Gasteiger partial charge >= 0.3 is 0 Å². The van der Waals surface area contributed by atoms with Gasteiger partial charge < -0.3 is 16.0 Å². The van der Waals surface area contributed by atoms with Crippen molar-refractivity contribution in [1.29, 1.82) is 0 Å². The number of nitrogens with zero attached hydrogens (tertiary/aromatic N) is 4. The lowest BCUT2D eigenvalue weighted by Gasteiger charge is -2.31. The van der Waals surface area contributed by atoms with Crippen molar-refractivity contribution < 1.29 is 4.79 Å². The van der Waals surface area contributed by atoms with Crippen LogP contribution in [0.15, 0.2) is 30.6 Å². The molecule has 1 aliphatic carbocycles. The second-order valence-electron chi connectivity index (χ2n) is 8.74. The molecule has 9 heteroatoms. The first kappa shape index (κ1) is 20.9. The first-order valence-corrected chi connectivity index (χ1v) is 11.3. The molecule has 1 unspecified atom stereocenters. The van der Waals surface area contributed by atoms with E-state index in [4.69, 9.17) is 22.3 Å². The van der Waals surface area contributed by atoms with Crippen LogP contribution in [0.3, 0.4) is 0 Å². The van der Waals surface area contributed by atoms with Gasteiger partial charge in [-0.2, -0.15) is 5.10 Å². The van der Waals surface area contributed by atoms with Crippen molar-refractivity contribution in [3.63, 3.8) is 0 Å². The zero-order valence-electron chi connectivity index (χ0n) is 18.1. The molecule has 166 valence electrons. The number of H-pyrrole nitrogens is 1. The van der Waals surface area contributed by atoms with Crippen molar-refractivity contribution >= 4 is 39.6 Å². The number of benzene rings is 1. The Hall–Kier alpha value is -2.97. The molecule has 1 amide bonds. The van der Waals surface area contributed by atoms with Gasteiger partial charge in [-0.25, -0.2) is 9.97 Å². The molecule has 1 aliphatic rings. The van der Waals surface area contributed by atoms with E-state index in [1.807, 2.05) is 25.2 Å². The predicted octanol–water partition coefficient (Wildman–Crippen LogP) is 3.80. The zero-order valence-corrected chi connectivity index (χ0v) is 18.9. The maximum atomic E-state index is 13.1. The van der Waals surface area contributed by atoms with Gasteiger partial charge in [0, 0.05) is 35.7 Å². The van der Waals surface area contributed by atoms with Gasteiger partial charge in [0.1, 0.15) is 16.9 Å². The number of nitrogens with two attached hydrogens (primary N) is 1. The van der Waals surface area contributed by atoms with E-state index in [0.717, 1.165) is 36.6 Å². The minimum absolute atomic E-state index is 0.0411. The Labute approximate surface area is 190 Å². The van der Waals surface area contributed by atoms with Crippen molar-refractivity contribution in [1.82, 2.24) is 30.0 Å². The van der Waals surface area contributed by atoms with Gasteiger partial charge in [-0.05, 0) is 50.3 Å². The highest BCUT2D eigenvalue weighted by Crippen LogP contribution is 2.30. The van der Waals surface area contributed by atoms with Crippen molar-refractivity contribution in [3.8, 4) is 11.4 Å². The minimum atomic E-state index is -0.160. The van der Waals surface area contributed by atoms with Gasteiger partial charge in [-0.3, -0.25) is 9.48 Å². The summed E-state index contributed by atoms with van der Waals surface area (Å²) in [6.07, 6.45) is 7.53. The lowest BCUT2D eigenvalue weighted by molar-refractivity contribution is 0.0918. The third-order valence-electron chi connectivity index (χ3n) is 6.50. The summed E-state index contributed by atoms with van der Waals surface area (Å²) in [5, 5.41) is 9.33. The summed E-state index contributed by atoms with van der Waals surface area (Å²) >= 11 is 6.15. The first-order chi connectivity index (χ1) is 15.4. The average molecular weight is 452 g/mol. The fraction of sp³-hybridized carbons (Fsp3) is 0.391. The molecule has 3 aromatic heterocycles. The van der Waals surface area contributed by atoms with Crippen molar-refractivity contribution in [2.45, 2.75) is 44.7 Å². The SMILES string of the molecule is C[C@H](NC(=O)c1c[nH]c2ncc(-c3nn(C)c4cc(Cl)ccc34)nc12)C1CCC[C@@H](N)C1. The molecule has 1 fully saturated rings. The average Bonchev–Trinajstić information content (AvgIpc) is 3.34. The summed E-state index contributed by atoms with van der Waals surface area (Å²) in [5.41, 5.74) is 9.91. The Kier molecular flexibility index (Phi) is 5.35. The molecule has 32 heavy (non-hydrogen) atoms. The molecule has 0 bridgehead atoms. The minimum Gasteiger partial charge on any atom is -0.349 e. The van der Waals surface area contributed by atoms with E-state index in [-0.39, 0.29) is 18.0 Å². The molecule has 1 aromatic carbocycles. The van der Waals surface area contributed by atoms with Crippen LogP contribution in [-0.2, 0) is 7.05 Å². The summed E-state index contributed by atoms with van der Waals surface area (Å²) in [5.74, 6) is 0.230. The van der Waals surface area contributed by atoms with Crippen LogP contribution in [-0.4, -0.2) is 42.7 Å². The monoisotopic (exact) mass is 451 g/mol. The number of halogens is 1. The standard InChI is InChI=1S/C23H26ClN7O/c1-12(13-4-3-5-15(25)8-13)28-23(32)17-10-26-22-21(17)29-18(11-27-22)20-16-7-6-14(24)9-19(16)31(2)30-20/h6-7,9-13,15H,3-5,8,25H2,1-2H3,(H,26,27)(H,28,32)/t12-,13?,15+/m0/s1. The number of carbonyl (C=O) groups is 1. The topological polar surface area (TPSA) is 115 Å². The number of carbonyl (C=O) groups excluding carboxylic acids is 1. The van der Waals surface area contributed by atoms with Crippen LogP contribution in [0.2, 0.25) is 5.02 Å². The van der Waals surface area contributed by atoms with E-state index < -0.39 is 0 Å². The molecule has 3 heterocycles. The van der Waals surface area contributed by atoms with Crippen molar-refractivity contribution in [2.75, 3.05) is 0 Å². The second kappa shape index (κ2) is 8.18. The van der Waals surface area contributed by atoms with E-state index in [1.165, 1.54) is 0 Å². The smallest absolute Gasteiger partial charge is 0.255 e. The summed E-state index contributed by atoms with van der Waals surface area (Å²) in [6.45, 7) is 2.05. The fourth-order valence-electron chi connectivity index (χ4n) is 4.72. The number of aryl methyl sites for hydroxylation is 1. The zero-order chi connectivity index (χ0) is 22.4. The predicted molar refractivity (Wildman–Crippen MR) is 125 cm³/mol. The van der Waals surface area contributed by atoms with Crippen LogP contribution in [0, 0.1) is 5.92 Å². The Morgan fingerprint density at radius 2 is 2.22 bits per heavy atom. The van der Waals surface area contributed by atoms with Gasteiger partial charge in [0.15, 0.2) is 5.65 Å². The van der Waals surface area contributed by atoms with Crippen LogP contribution >= 0.6 is 11.6 Å². The maximum absolute atomic E-state index is 13.1. The van der Waals surface area contributed by atoms with Gasteiger partial charge in [-0.1, -0.05) is 18.0 Å². The number of aromatic amines is 1. The van der Waals surface area contributed by atoms with Crippen LogP contribution in [0.4, 0.5) is 0 Å². The maximum Gasteiger partial charge on any atom is 0.255 e. The highest BCUT2D eigenvalue weighted by molar-refractivity contribution is 6.31. The molecule has 0 aliphatic heterocycles. The molecular formula is C23H26ClN7O. The van der Waals surface area contributed by atoms with Crippen LogP contribution in [0.5, 0.6) is 0 Å². The third kappa shape index (κ3) is 3.73. The molecular weight excluding hydrogens is 426 g/mol. The number of hydrogen-bond acceptors (Lipinski definition) is 5. The summed E-state index contributed by atoms with van der Waals surface area (Å²) < 4.78 is 1.77. The number of aromatic nitrogens is 5. The number of fused-ring (bicyclic) bond motifs is 2. The molecule has 5 rings (SSSR count). The quantitative estimate of drug-likeness (QED) is 0.436. The van der Waals surface area contributed by atoms with E-state index in [9.17, 15) is 4.79 Å². The molecule has 0 radical (unpaired) electrons. The Bertz CT molecular complexity index is 1310. The van der Waals surface area contributed by atoms with E-state index in [2.05, 4.69) is 27.3 Å². The number of hydrogen-bond donors (Lipinski definition) is 3. The normalized spacial score (nSPS) is 20.0. The third-order valence-corrected chi connectivity index (χ3v) is 6.74. The summed E-state index contributed by atoms with van der Waals surface area (Å²) in [6, 6.07) is 5.88. The van der Waals surface area contributed by atoms with Crippen molar-refractivity contribution in [3.05, 3.63) is 41.2 Å².